The Bertz CT molecular complexity index is 1330. The van der Waals surface area contributed by atoms with E-state index >= 15 is 0 Å². The Kier molecular flexibility index (Phi) is 5.78. The monoisotopic (exact) mass is 478 g/mol. The molecule has 0 radical (unpaired) electrons. The molecule has 1 aliphatic rings. The lowest BCUT2D eigenvalue weighted by molar-refractivity contribution is 0.0719. The molecule has 0 saturated carbocycles. The van der Waals surface area contributed by atoms with E-state index in [-0.39, 0.29) is 10.8 Å². The van der Waals surface area contributed by atoms with Gasteiger partial charge in [0.2, 0.25) is 0 Å². The number of benzene rings is 2. The quantitative estimate of drug-likeness (QED) is 0.377. The van der Waals surface area contributed by atoms with Gasteiger partial charge in [-0.2, -0.15) is 0 Å². The van der Waals surface area contributed by atoms with E-state index in [9.17, 15) is 13.2 Å². The van der Waals surface area contributed by atoms with E-state index in [0.29, 0.717) is 43.1 Å². The Labute approximate surface area is 196 Å². The molecule has 0 unspecified atom stereocenters. The Hall–Kier alpha value is -3.36. The number of furan rings is 1. The minimum absolute atomic E-state index is 0.110. The van der Waals surface area contributed by atoms with E-state index in [1.807, 2.05) is 47.8 Å². The number of rotatable bonds is 7. The van der Waals surface area contributed by atoms with Gasteiger partial charge in [0, 0.05) is 17.0 Å². The summed E-state index contributed by atoms with van der Waals surface area (Å²) in [5, 5.41) is 1.96. The average Bonchev–Trinajstić information content (AvgIpc) is 3.60. The van der Waals surface area contributed by atoms with Gasteiger partial charge in [0.05, 0.1) is 29.9 Å². The number of carbonyl (C=O) groups excluding carboxylic acids is 1. The Balaban J connectivity index is 1.45. The topological polar surface area (TPSA) is 70.8 Å². The van der Waals surface area contributed by atoms with Crippen molar-refractivity contribution in [1.29, 1.82) is 0 Å². The summed E-state index contributed by atoms with van der Waals surface area (Å²) in [6.07, 6.45) is 2.25. The van der Waals surface area contributed by atoms with Crippen LogP contribution < -0.4 is 4.31 Å². The highest BCUT2D eigenvalue weighted by Crippen LogP contribution is 2.33. The number of anilines is 1. The second-order valence-corrected chi connectivity index (χ2v) is 10.7. The third-order valence-electron chi connectivity index (χ3n) is 5.65. The summed E-state index contributed by atoms with van der Waals surface area (Å²) in [6, 6.07) is 21.3. The lowest BCUT2D eigenvalue weighted by Gasteiger charge is -2.23. The first-order valence-electron chi connectivity index (χ1n) is 10.6. The van der Waals surface area contributed by atoms with Gasteiger partial charge in [-0.15, -0.1) is 11.3 Å². The maximum absolute atomic E-state index is 13.5. The van der Waals surface area contributed by atoms with Gasteiger partial charge < -0.3 is 9.32 Å². The molecule has 0 spiro atoms. The number of sulfonamides is 1. The fourth-order valence-corrected chi connectivity index (χ4v) is 6.31. The molecule has 0 saturated heterocycles. The van der Waals surface area contributed by atoms with Gasteiger partial charge in [-0.3, -0.25) is 9.10 Å². The summed E-state index contributed by atoms with van der Waals surface area (Å²) in [7, 11) is -3.79. The highest BCUT2D eigenvalue weighted by Gasteiger charge is 2.31. The zero-order valence-corrected chi connectivity index (χ0v) is 19.4. The summed E-state index contributed by atoms with van der Waals surface area (Å²) in [5.74, 6) is 0.413. The van der Waals surface area contributed by atoms with Crippen LogP contribution in [0.3, 0.4) is 0 Å². The molecule has 2 aromatic heterocycles. The SMILES string of the molecule is O=C(c1cccc(S(=O)(=O)N2CCc3ccccc32)c1)N(Cc1ccco1)Cc1cccs1. The number of thiophene rings is 1. The van der Waals surface area contributed by atoms with Gasteiger partial charge in [0.25, 0.3) is 15.9 Å². The van der Waals surface area contributed by atoms with E-state index in [4.69, 9.17) is 4.42 Å². The van der Waals surface area contributed by atoms with Crippen molar-refractivity contribution < 1.29 is 17.6 Å². The summed E-state index contributed by atoms with van der Waals surface area (Å²) in [4.78, 5) is 16.3. The molecule has 4 aromatic rings. The fourth-order valence-electron chi connectivity index (χ4n) is 4.04. The molecule has 1 aliphatic heterocycles. The Morgan fingerprint density at radius 2 is 1.88 bits per heavy atom. The third-order valence-corrected chi connectivity index (χ3v) is 8.32. The molecule has 0 atom stereocenters. The van der Waals surface area contributed by atoms with E-state index in [1.165, 1.54) is 10.4 Å². The number of nitrogens with zero attached hydrogens (tertiary/aromatic N) is 2. The molecule has 33 heavy (non-hydrogen) atoms. The zero-order chi connectivity index (χ0) is 22.8. The van der Waals surface area contributed by atoms with Crippen LogP contribution in [0.15, 0.2) is 93.8 Å². The van der Waals surface area contributed by atoms with Crippen molar-refractivity contribution in [3.63, 3.8) is 0 Å². The molecule has 6 nitrogen and oxygen atoms in total. The van der Waals surface area contributed by atoms with E-state index in [0.717, 1.165) is 10.4 Å². The first kappa shape index (κ1) is 21.5. The van der Waals surface area contributed by atoms with Crippen molar-refractivity contribution in [1.82, 2.24) is 4.90 Å². The zero-order valence-electron chi connectivity index (χ0n) is 17.8. The average molecular weight is 479 g/mol. The molecule has 0 bridgehead atoms. The minimum Gasteiger partial charge on any atom is -0.467 e. The highest BCUT2D eigenvalue weighted by atomic mass is 32.2. The predicted octanol–water partition coefficient (Wildman–Crippen LogP) is 4.94. The molecular formula is C25H22N2O4S2. The van der Waals surface area contributed by atoms with Gasteiger partial charge in [0.15, 0.2) is 0 Å². The van der Waals surface area contributed by atoms with E-state index in [2.05, 4.69) is 0 Å². The van der Waals surface area contributed by atoms with Crippen LogP contribution in [0.4, 0.5) is 5.69 Å². The lowest BCUT2D eigenvalue weighted by atomic mass is 10.2. The standard InChI is InChI=1S/C25H22N2O4S2/c28-25(26(17-21-8-4-14-31-21)18-22-9-5-15-32-22)20-7-3-10-23(16-20)33(29,30)27-13-12-19-6-1-2-11-24(19)27/h1-11,14-16H,12-13,17-18H2. The molecule has 3 heterocycles. The number of amides is 1. The third kappa shape index (κ3) is 4.31. The maximum atomic E-state index is 13.5. The number of hydrogen-bond acceptors (Lipinski definition) is 5. The van der Waals surface area contributed by atoms with Crippen molar-refractivity contribution in [3.05, 3.63) is 106 Å². The smallest absolute Gasteiger partial charge is 0.264 e. The van der Waals surface area contributed by atoms with Crippen LogP contribution in [0.25, 0.3) is 0 Å². The summed E-state index contributed by atoms with van der Waals surface area (Å²) < 4.78 is 33.8. The minimum atomic E-state index is -3.79. The number of para-hydroxylation sites is 1. The van der Waals surface area contributed by atoms with Crippen LogP contribution in [0.5, 0.6) is 0 Å². The van der Waals surface area contributed by atoms with Crippen LogP contribution in [0.1, 0.15) is 26.6 Å². The van der Waals surface area contributed by atoms with Crippen molar-refractivity contribution in [3.8, 4) is 0 Å². The summed E-state index contributed by atoms with van der Waals surface area (Å²) >= 11 is 1.57. The van der Waals surface area contributed by atoms with E-state index in [1.54, 1.807) is 46.8 Å². The summed E-state index contributed by atoms with van der Waals surface area (Å²) in [6.45, 7) is 1.09. The maximum Gasteiger partial charge on any atom is 0.264 e. The number of hydrogen-bond donors (Lipinski definition) is 0. The molecule has 0 aliphatic carbocycles. The van der Waals surface area contributed by atoms with Crippen molar-refractivity contribution in [2.45, 2.75) is 24.4 Å². The number of carbonyl (C=O) groups is 1. The molecule has 8 heteroatoms. The van der Waals surface area contributed by atoms with Crippen LogP contribution in [0, 0.1) is 0 Å². The van der Waals surface area contributed by atoms with Crippen LogP contribution in [-0.4, -0.2) is 25.8 Å². The molecule has 1 amide bonds. The normalized spacial score (nSPS) is 13.2. The predicted molar refractivity (Wildman–Crippen MR) is 128 cm³/mol. The second kappa shape index (κ2) is 8.88. The molecule has 2 aromatic carbocycles. The highest BCUT2D eigenvalue weighted by molar-refractivity contribution is 7.92. The summed E-state index contributed by atoms with van der Waals surface area (Å²) in [5.41, 5.74) is 2.03. The fraction of sp³-hybridized carbons (Fsp3) is 0.160. The van der Waals surface area contributed by atoms with Crippen LogP contribution in [-0.2, 0) is 29.5 Å². The van der Waals surface area contributed by atoms with Crippen molar-refractivity contribution in [2.24, 2.45) is 0 Å². The van der Waals surface area contributed by atoms with Gasteiger partial charge in [-0.25, -0.2) is 8.42 Å². The van der Waals surface area contributed by atoms with Gasteiger partial charge in [-0.1, -0.05) is 30.3 Å². The van der Waals surface area contributed by atoms with Crippen LogP contribution in [0.2, 0.25) is 0 Å². The van der Waals surface area contributed by atoms with Gasteiger partial charge in [0.1, 0.15) is 5.76 Å². The molecular weight excluding hydrogens is 456 g/mol. The van der Waals surface area contributed by atoms with Crippen molar-refractivity contribution >= 4 is 33.0 Å². The number of fused-ring (bicyclic) bond motifs is 1. The Morgan fingerprint density at radius 1 is 1.00 bits per heavy atom. The first-order chi connectivity index (χ1) is 16.0. The molecule has 5 rings (SSSR count). The molecule has 0 fully saturated rings. The molecule has 168 valence electrons. The van der Waals surface area contributed by atoms with Crippen LogP contribution >= 0.6 is 11.3 Å². The van der Waals surface area contributed by atoms with Gasteiger partial charge >= 0.3 is 0 Å². The lowest BCUT2D eigenvalue weighted by Crippen LogP contribution is -2.31. The van der Waals surface area contributed by atoms with Crippen molar-refractivity contribution in [2.75, 3.05) is 10.8 Å². The largest absolute Gasteiger partial charge is 0.467 e. The second-order valence-electron chi connectivity index (χ2n) is 7.80. The van der Waals surface area contributed by atoms with Gasteiger partial charge in [-0.05, 0) is 59.8 Å². The Morgan fingerprint density at radius 3 is 2.67 bits per heavy atom. The first-order valence-corrected chi connectivity index (χ1v) is 12.9. The van der Waals surface area contributed by atoms with E-state index < -0.39 is 10.0 Å². The molecule has 0 N–H and O–H groups in total.